The van der Waals surface area contributed by atoms with E-state index in [1.54, 1.807) is 12.1 Å². The van der Waals surface area contributed by atoms with Crippen LogP contribution < -0.4 is 10.2 Å². The summed E-state index contributed by atoms with van der Waals surface area (Å²) in [6, 6.07) is 21.5. The first kappa shape index (κ1) is 24.7. The van der Waals surface area contributed by atoms with Crippen LogP contribution in [0.1, 0.15) is 39.0 Å². The molecular formula is C32H23N3O6. The third kappa shape index (κ3) is 3.32. The van der Waals surface area contributed by atoms with Crippen molar-refractivity contribution in [3.05, 3.63) is 130 Å². The van der Waals surface area contributed by atoms with Gasteiger partial charge in [-0.25, -0.2) is 0 Å². The molecule has 0 bridgehead atoms. The molecule has 202 valence electrons. The minimum Gasteiger partial charge on any atom is -0.461 e. The zero-order chi connectivity index (χ0) is 28.5. The van der Waals surface area contributed by atoms with Gasteiger partial charge in [0.25, 0.3) is 5.69 Å². The Morgan fingerprint density at radius 1 is 0.951 bits per heavy atom. The highest BCUT2D eigenvalue weighted by Gasteiger charge is 2.70. The largest absolute Gasteiger partial charge is 0.461 e. The molecule has 0 radical (unpaired) electrons. The van der Waals surface area contributed by atoms with Gasteiger partial charge in [-0.2, -0.15) is 0 Å². The van der Waals surface area contributed by atoms with E-state index in [-0.39, 0.29) is 22.9 Å². The standard InChI is InChI=1S/C32H23N3O6/c1-18-17-26-32(22-8-3-4-9-23(22)33-31(32)38)27(30(37)25-11-6-16-41-25)28(34(26)24-10-5-2-7-21(18)24)29(36)19-12-14-20(15-13-19)35(39)40/h2-17,26-28H,1H3,(H,33,38)/t26-,27-,28-,32-/m0/s1. The van der Waals surface area contributed by atoms with Crippen molar-refractivity contribution >= 4 is 40.1 Å². The number of nitrogens with one attached hydrogen (secondary N) is 1. The van der Waals surface area contributed by atoms with Crippen LogP contribution in [-0.2, 0) is 10.2 Å². The average molecular weight is 546 g/mol. The number of anilines is 2. The van der Waals surface area contributed by atoms with Gasteiger partial charge in [-0.15, -0.1) is 0 Å². The summed E-state index contributed by atoms with van der Waals surface area (Å²) in [4.78, 5) is 56.0. The van der Waals surface area contributed by atoms with Crippen molar-refractivity contribution in [3.63, 3.8) is 0 Å². The van der Waals surface area contributed by atoms with Crippen LogP contribution >= 0.6 is 0 Å². The summed E-state index contributed by atoms with van der Waals surface area (Å²) in [5.74, 6) is -2.41. The Morgan fingerprint density at radius 3 is 2.41 bits per heavy atom. The Bertz CT molecular complexity index is 1790. The predicted octanol–water partition coefficient (Wildman–Crippen LogP) is 5.43. The van der Waals surface area contributed by atoms with Crippen LogP contribution in [0, 0.1) is 16.0 Å². The van der Waals surface area contributed by atoms with E-state index in [4.69, 9.17) is 4.42 Å². The number of furan rings is 1. The maximum absolute atomic E-state index is 14.6. The minimum atomic E-state index is -1.46. The number of benzene rings is 3. The molecule has 1 amide bonds. The summed E-state index contributed by atoms with van der Waals surface area (Å²) in [5.41, 5.74) is 2.33. The van der Waals surface area contributed by atoms with Crippen molar-refractivity contribution in [1.29, 1.82) is 0 Å². The van der Waals surface area contributed by atoms with Crippen LogP contribution in [0.15, 0.2) is 102 Å². The number of Topliss-reactive ketones (excluding diaryl/α,β-unsaturated/α-hetero) is 2. The molecule has 4 atom stereocenters. The summed E-state index contributed by atoms with van der Waals surface area (Å²) in [6.07, 6.45) is 3.35. The molecule has 0 aliphatic carbocycles. The number of nitro benzene ring substituents is 1. The van der Waals surface area contributed by atoms with Crippen LogP contribution in [0.2, 0.25) is 0 Å². The van der Waals surface area contributed by atoms with Gasteiger partial charge in [0.1, 0.15) is 11.5 Å². The maximum Gasteiger partial charge on any atom is 0.269 e. The number of rotatable bonds is 5. The van der Waals surface area contributed by atoms with Gasteiger partial charge in [-0.05, 0) is 54.5 Å². The van der Waals surface area contributed by atoms with Gasteiger partial charge in [-0.3, -0.25) is 24.5 Å². The first-order valence-electron chi connectivity index (χ1n) is 13.2. The van der Waals surface area contributed by atoms with Gasteiger partial charge < -0.3 is 14.6 Å². The van der Waals surface area contributed by atoms with Crippen molar-refractivity contribution in [2.45, 2.75) is 24.4 Å². The Kier molecular flexibility index (Phi) is 5.34. The van der Waals surface area contributed by atoms with E-state index in [0.717, 1.165) is 16.8 Å². The van der Waals surface area contributed by atoms with E-state index in [1.165, 1.54) is 36.6 Å². The summed E-state index contributed by atoms with van der Waals surface area (Å²) in [5, 5.41) is 14.3. The van der Waals surface area contributed by atoms with E-state index in [9.17, 15) is 24.5 Å². The highest BCUT2D eigenvalue weighted by Crippen LogP contribution is 2.58. The topological polar surface area (TPSA) is 123 Å². The molecule has 1 spiro atoms. The van der Waals surface area contributed by atoms with E-state index in [1.807, 2.05) is 60.4 Å². The molecule has 9 nitrogen and oxygen atoms in total. The highest BCUT2D eigenvalue weighted by molar-refractivity contribution is 6.18. The number of nitrogens with zero attached hydrogens (tertiary/aromatic N) is 2. The number of ketones is 2. The highest BCUT2D eigenvalue weighted by atomic mass is 16.6. The first-order chi connectivity index (χ1) is 19.8. The average Bonchev–Trinajstić information content (AvgIpc) is 3.70. The number of hydrogen-bond donors (Lipinski definition) is 1. The molecule has 4 heterocycles. The molecule has 3 aliphatic rings. The van der Waals surface area contributed by atoms with Crippen LogP contribution in [-0.4, -0.2) is 34.5 Å². The van der Waals surface area contributed by atoms with Crippen LogP contribution in [0.3, 0.4) is 0 Å². The van der Waals surface area contributed by atoms with Gasteiger partial charge >= 0.3 is 0 Å². The minimum absolute atomic E-state index is 0.0434. The lowest BCUT2D eigenvalue weighted by Gasteiger charge is -2.39. The lowest BCUT2D eigenvalue weighted by molar-refractivity contribution is -0.384. The summed E-state index contributed by atoms with van der Waals surface area (Å²) in [7, 11) is 0. The van der Waals surface area contributed by atoms with Gasteiger partial charge in [0.15, 0.2) is 11.5 Å². The smallest absolute Gasteiger partial charge is 0.269 e. The van der Waals surface area contributed by atoms with Crippen molar-refractivity contribution in [2.24, 2.45) is 5.92 Å². The maximum atomic E-state index is 14.6. The zero-order valence-electron chi connectivity index (χ0n) is 21.8. The van der Waals surface area contributed by atoms with Crippen LogP contribution in [0.25, 0.3) is 5.57 Å². The second-order valence-corrected chi connectivity index (χ2v) is 10.5. The first-order valence-corrected chi connectivity index (χ1v) is 13.2. The fraction of sp³-hybridized carbons (Fsp3) is 0.156. The molecule has 4 aromatic rings. The molecule has 41 heavy (non-hydrogen) atoms. The SMILES string of the molecule is CC1=C[C@@H]2N(c3ccccc31)[C@H](C(=O)c1ccc([N+](=O)[O-])cc1)[C@@H](C(=O)c1ccco1)[C@@]21C(=O)Nc2ccccc21. The molecule has 1 saturated heterocycles. The Hall–Kier alpha value is -5.31. The number of carbonyl (C=O) groups is 3. The van der Waals surface area contributed by atoms with Gasteiger partial charge in [0, 0.05) is 34.6 Å². The van der Waals surface area contributed by atoms with Gasteiger partial charge in [-0.1, -0.05) is 42.5 Å². The number of amides is 1. The lowest BCUT2D eigenvalue weighted by atomic mass is 9.64. The van der Waals surface area contributed by atoms with Crippen molar-refractivity contribution in [3.8, 4) is 0 Å². The molecule has 1 fully saturated rings. The lowest BCUT2D eigenvalue weighted by Crippen LogP contribution is -2.51. The Labute approximate surface area is 234 Å². The third-order valence-electron chi connectivity index (χ3n) is 8.56. The number of fused-ring (bicyclic) bond motifs is 6. The molecule has 3 aliphatic heterocycles. The zero-order valence-corrected chi connectivity index (χ0v) is 21.8. The van der Waals surface area contributed by atoms with Gasteiger partial charge in [0.05, 0.1) is 23.1 Å². The number of nitro groups is 1. The van der Waals surface area contributed by atoms with Crippen LogP contribution in [0.4, 0.5) is 17.1 Å². The second kappa shape index (κ2) is 8.85. The fourth-order valence-corrected chi connectivity index (χ4v) is 6.88. The second-order valence-electron chi connectivity index (χ2n) is 10.5. The molecule has 1 N–H and O–H groups in total. The van der Waals surface area contributed by atoms with E-state index >= 15 is 0 Å². The molecule has 1 aromatic heterocycles. The molecule has 3 aromatic carbocycles. The van der Waals surface area contributed by atoms with E-state index in [2.05, 4.69) is 5.32 Å². The quantitative estimate of drug-likeness (QED) is 0.201. The number of allylic oxidation sites excluding steroid dienone is 1. The third-order valence-corrected chi connectivity index (χ3v) is 8.56. The Balaban J connectivity index is 1.53. The Morgan fingerprint density at radius 2 is 1.68 bits per heavy atom. The molecule has 0 saturated carbocycles. The number of carbonyl (C=O) groups excluding carboxylic acids is 3. The summed E-state index contributed by atoms with van der Waals surface area (Å²) >= 11 is 0. The van der Waals surface area contributed by atoms with E-state index < -0.39 is 39.9 Å². The number of hydrogen-bond acceptors (Lipinski definition) is 7. The molecule has 0 unspecified atom stereocenters. The predicted molar refractivity (Wildman–Crippen MR) is 151 cm³/mol. The summed E-state index contributed by atoms with van der Waals surface area (Å²) in [6.45, 7) is 1.96. The van der Waals surface area contributed by atoms with Crippen molar-refractivity contribution in [2.75, 3.05) is 10.2 Å². The van der Waals surface area contributed by atoms with Crippen molar-refractivity contribution < 1.29 is 23.7 Å². The van der Waals surface area contributed by atoms with E-state index in [0.29, 0.717) is 11.3 Å². The fourth-order valence-electron chi connectivity index (χ4n) is 6.88. The monoisotopic (exact) mass is 545 g/mol. The normalized spacial score (nSPS) is 23.8. The molecule has 9 heteroatoms. The summed E-state index contributed by atoms with van der Waals surface area (Å²) < 4.78 is 5.55. The van der Waals surface area contributed by atoms with Crippen LogP contribution in [0.5, 0.6) is 0 Å². The number of para-hydroxylation sites is 2. The number of non-ortho nitro benzene ring substituents is 1. The van der Waals surface area contributed by atoms with Gasteiger partial charge in [0.2, 0.25) is 11.7 Å². The molecule has 7 rings (SSSR count). The molecular weight excluding hydrogens is 522 g/mol. The van der Waals surface area contributed by atoms with Crippen molar-refractivity contribution in [1.82, 2.24) is 0 Å².